The van der Waals surface area contributed by atoms with Crippen LogP contribution in [0.3, 0.4) is 0 Å². The van der Waals surface area contributed by atoms with Gasteiger partial charge in [0.1, 0.15) is 5.82 Å². The van der Waals surface area contributed by atoms with Gasteiger partial charge < -0.3 is 10.5 Å². The minimum absolute atomic E-state index is 0.0660. The van der Waals surface area contributed by atoms with Crippen molar-refractivity contribution < 1.29 is 13.9 Å². The molecule has 0 fully saturated rings. The Kier molecular flexibility index (Phi) is 4.93. The summed E-state index contributed by atoms with van der Waals surface area (Å²) in [6, 6.07) is 2.44. The van der Waals surface area contributed by atoms with E-state index in [0.717, 1.165) is 12.5 Å². The highest BCUT2D eigenvalue weighted by molar-refractivity contribution is 9.10. The van der Waals surface area contributed by atoms with Crippen LogP contribution in [0, 0.1) is 11.7 Å². The molecule has 0 radical (unpaired) electrons. The Morgan fingerprint density at radius 3 is 2.82 bits per heavy atom. The summed E-state index contributed by atoms with van der Waals surface area (Å²) in [5, 5.41) is 0. The normalized spacial score (nSPS) is 12.2. The third-order valence-electron chi connectivity index (χ3n) is 2.50. The monoisotopic (exact) mass is 303 g/mol. The highest BCUT2D eigenvalue weighted by atomic mass is 79.9. The van der Waals surface area contributed by atoms with Crippen LogP contribution in [0.1, 0.15) is 30.6 Å². The number of anilines is 1. The molecule has 1 rings (SSSR count). The molecule has 1 aromatic rings. The second kappa shape index (κ2) is 6.00. The topological polar surface area (TPSA) is 52.3 Å². The molecule has 1 atom stereocenters. The number of benzene rings is 1. The summed E-state index contributed by atoms with van der Waals surface area (Å²) >= 11 is 3.11. The number of ether oxygens (including phenoxy) is 1. The van der Waals surface area contributed by atoms with Crippen LogP contribution in [-0.2, 0) is 4.74 Å². The molecule has 0 aliphatic rings. The van der Waals surface area contributed by atoms with Crippen molar-refractivity contribution in [2.75, 3.05) is 12.3 Å². The molecule has 0 amide bonds. The first-order valence-electron chi connectivity index (χ1n) is 5.37. The predicted octanol–water partition coefficient (Wildman–Crippen LogP) is 3.37. The highest BCUT2D eigenvalue weighted by Gasteiger charge is 2.15. The Labute approximate surface area is 108 Å². The maximum absolute atomic E-state index is 13.1. The molecule has 5 heteroatoms. The third-order valence-corrected chi connectivity index (χ3v) is 3.16. The quantitative estimate of drug-likeness (QED) is 0.685. The summed E-state index contributed by atoms with van der Waals surface area (Å²) in [6.45, 7) is 4.35. The maximum Gasteiger partial charge on any atom is 0.339 e. The van der Waals surface area contributed by atoms with E-state index in [4.69, 9.17) is 10.5 Å². The summed E-state index contributed by atoms with van der Waals surface area (Å²) in [5.41, 5.74) is 5.58. The van der Waals surface area contributed by atoms with Gasteiger partial charge in [-0.05, 0) is 34.0 Å². The van der Waals surface area contributed by atoms with Gasteiger partial charge in [0, 0.05) is 4.47 Å². The molecule has 17 heavy (non-hydrogen) atoms. The van der Waals surface area contributed by atoms with Crippen molar-refractivity contribution in [2.45, 2.75) is 20.3 Å². The summed E-state index contributed by atoms with van der Waals surface area (Å²) in [5.74, 6) is -0.755. The van der Waals surface area contributed by atoms with Crippen LogP contribution in [0.5, 0.6) is 0 Å². The van der Waals surface area contributed by atoms with Gasteiger partial charge in [0.15, 0.2) is 0 Å². The van der Waals surface area contributed by atoms with Crippen molar-refractivity contribution in [1.82, 2.24) is 0 Å². The van der Waals surface area contributed by atoms with Gasteiger partial charge in [-0.2, -0.15) is 0 Å². The van der Waals surface area contributed by atoms with Crippen molar-refractivity contribution in [3.05, 3.63) is 28.0 Å². The summed E-state index contributed by atoms with van der Waals surface area (Å²) in [4.78, 5) is 11.7. The molecule has 0 spiro atoms. The van der Waals surface area contributed by atoms with Gasteiger partial charge in [0.25, 0.3) is 0 Å². The molecule has 0 saturated heterocycles. The number of hydrogen-bond donors (Lipinski definition) is 1. The van der Waals surface area contributed by atoms with Gasteiger partial charge in [0.05, 0.1) is 17.9 Å². The molecule has 0 heterocycles. The zero-order chi connectivity index (χ0) is 13.0. The van der Waals surface area contributed by atoms with Crippen LogP contribution in [0.15, 0.2) is 16.6 Å². The summed E-state index contributed by atoms with van der Waals surface area (Å²) < 4.78 is 18.5. The van der Waals surface area contributed by atoms with Crippen LogP contribution in [0.25, 0.3) is 0 Å². The molecule has 1 aromatic carbocycles. The lowest BCUT2D eigenvalue weighted by molar-refractivity contribution is 0.0446. The van der Waals surface area contributed by atoms with Crippen LogP contribution < -0.4 is 5.73 Å². The first-order valence-corrected chi connectivity index (χ1v) is 6.16. The fourth-order valence-electron chi connectivity index (χ4n) is 1.14. The van der Waals surface area contributed by atoms with E-state index in [1.54, 1.807) is 0 Å². The van der Waals surface area contributed by atoms with Crippen LogP contribution in [0.2, 0.25) is 0 Å². The van der Waals surface area contributed by atoms with E-state index >= 15 is 0 Å². The largest absolute Gasteiger partial charge is 0.462 e. The molecule has 3 nitrogen and oxygen atoms in total. The third kappa shape index (κ3) is 3.70. The number of nitrogens with two attached hydrogens (primary N) is 1. The Morgan fingerprint density at radius 2 is 2.24 bits per heavy atom. The van der Waals surface area contributed by atoms with Gasteiger partial charge in [0.2, 0.25) is 0 Å². The van der Waals surface area contributed by atoms with Crippen molar-refractivity contribution in [3.8, 4) is 0 Å². The lowest BCUT2D eigenvalue weighted by Gasteiger charge is -2.11. The molecule has 0 aliphatic heterocycles. The first-order chi connectivity index (χ1) is 7.95. The van der Waals surface area contributed by atoms with E-state index in [-0.39, 0.29) is 11.3 Å². The van der Waals surface area contributed by atoms with Gasteiger partial charge >= 0.3 is 5.97 Å². The lowest BCUT2D eigenvalue weighted by Crippen LogP contribution is -2.12. The van der Waals surface area contributed by atoms with Crippen LogP contribution in [0.4, 0.5) is 10.1 Å². The molecular formula is C12H15BrFNO2. The van der Waals surface area contributed by atoms with Crippen molar-refractivity contribution in [3.63, 3.8) is 0 Å². The molecule has 0 bridgehead atoms. The minimum Gasteiger partial charge on any atom is -0.462 e. The predicted molar refractivity (Wildman–Crippen MR) is 68.2 cm³/mol. The molecule has 0 saturated carbocycles. The van der Waals surface area contributed by atoms with Crippen molar-refractivity contribution in [2.24, 2.45) is 5.92 Å². The van der Waals surface area contributed by atoms with Gasteiger partial charge in [-0.1, -0.05) is 20.3 Å². The Balaban J connectivity index is 2.79. The fourth-order valence-corrected chi connectivity index (χ4v) is 1.61. The van der Waals surface area contributed by atoms with E-state index in [1.165, 1.54) is 6.07 Å². The second-order valence-electron chi connectivity index (χ2n) is 3.97. The Morgan fingerprint density at radius 1 is 1.59 bits per heavy atom. The number of rotatable bonds is 4. The second-order valence-corrected chi connectivity index (χ2v) is 4.82. The Bertz CT molecular complexity index is 423. The lowest BCUT2D eigenvalue weighted by atomic mass is 10.1. The number of esters is 1. The van der Waals surface area contributed by atoms with Gasteiger partial charge in [-0.25, -0.2) is 9.18 Å². The standard InChI is InChI=1S/C12H15BrFNO2/c1-3-7(2)6-17-12(16)8-4-11(15)10(14)5-9(8)13/h4-5,7H,3,6,15H2,1-2H3. The van der Waals surface area contributed by atoms with E-state index < -0.39 is 11.8 Å². The fraction of sp³-hybridized carbons (Fsp3) is 0.417. The average Bonchev–Trinajstić information content (AvgIpc) is 2.30. The van der Waals surface area contributed by atoms with Gasteiger partial charge in [-0.3, -0.25) is 0 Å². The van der Waals surface area contributed by atoms with Gasteiger partial charge in [-0.15, -0.1) is 0 Å². The average molecular weight is 304 g/mol. The molecule has 1 unspecified atom stereocenters. The van der Waals surface area contributed by atoms with Crippen molar-refractivity contribution >= 4 is 27.6 Å². The zero-order valence-corrected chi connectivity index (χ0v) is 11.4. The first kappa shape index (κ1) is 14.0. The molecule has 94 valence electrons. The molecular weight excluding hydrogens is 289 g/mol. The van der Waals surface area contributed by atoms with E-state index in [2.05, 4.69) is 15.9 Å². The summed E-state index contributed by atoms with van der Waals surface area (Å²) in [6.07, 6.45) is 0.931. The molecule has 2 N–H and O–H groups in total. The zero-order valence-electron chi connectivity index (χ0n) is 9.80. The van der Waals surface area contributed by atoms with E-state index in [9.17, 15) is 9.18 Å². The smallest absolute Gasteiger partial charge is 0.339 e. The number of carbonyl (C=O) groups is 1. The molecule has 0 aliphatic carbocycles. The van der Waals surface area contributed by atoms with E-state index in [1.807, 2.05) is 13.8 Å². The maximum atomic E-state index is 13.1. The highest BCUT2D eigenvalue weighted by Crippen LogP contribution is 2.23. The summed E-state index contributed by atoms with van der Waals surface area (Å²) in [7, 11) is 0. The van der Waals surface area contributed by atoms with Crippen LogP contribution >= 0.6 is 15.9 Å². The number of carbonyl (C=O) groups excluding carboxylic acids is 1. The minimum atomic E-state index is -0.560. The Hall–Kier alpha value is -1.10. The molecule has 0 aromatic heterocycles. The number of hydrogen-bond acceptors (Lipinski definition) is 3. The van der Waals surface area contributed by atoms with Crippen molar-refractivity contribution in [1.29, 1.82) is 0 Å². The SMILES string of the molecule is CCC(C)COC(=O)c1cc(N)c(F)cc1Br. The number of halogens is 2. The van der Waals surface area contributed by atoms with Crippen LogP contribution in [-0.4, -0.2) is 12.6 Å². The van der Waals surface area contributed by atoms with E-state index in [0.29, 0.717) is 17.0 Å². The number of nitrogen functional groups attached to an aromatic ring is 1.